The number of halogens is 1. The van der Waals surface area contributed by atoms with Gasteiger partial charge in [-0.2, -0.15) is 0 Å². The average Bonchev–Trinajstić information content (AvgIpc) is 2.92. The summed E-state index contributed by atoms with van der Waals surface area (Å²) in [6.45, 7) is 0. The summed E-state index contributed by atoms with van der Waals surface area (Å²) in [5.74, 6) is 0. The molecule has 2 bridgehead atoms. The Kier molecular flexibility index (Phi) is 4.43. The van der Waals surface area contributed by atoms with Crippen LogP contribution in [0.15, 0.2) is 60.7 Å². The summed E-state index contributed by atoms with van der Waals surface area (Å²) < 4.78 is 13.8. The lowest BCUT2D eigenvalue weighted by Crippen LogP contribution is -2.52. The maximum atomic E-state index is 13.8. The number of fused-ring (bicyclic) bond motifs is 2. The number of urea groups is 1. The minimum atomic E-state index is -0.763. The van der Waals surface area contributed by atoms with Crippen LogP contribution in [0.2, 0.25) is 0 Å². The molecule has 2 amide bonds. The molecule has 2 aliphatic rings. The number of nitrogens with one attached hydrogen (secondary N) is 1. The van der Waals surface area contributed by atoms with Crippen molar-refractivity contribution in [3.8, 4) is 0 Å². The third-order valence-electron chi connectivity index (χ3n) is 5.44. The number of alkyl halides is 1. The monoisotopic (exact) mass is 338 g/mol. The zero-order valence-corrected chi connectivity index (χ0v) is 14.1. The van der Waals surface area contributed by atoms with E-state index in [1.165, 1.54) is 0 Å². The van der Waals surface area contributed by atoms with E-state index in [0.717, 1.165) is 24.0 Å². The highest BCUT2D eigenvalue weighted by molar-refractivity contribution is 5.76. The lowest BCUT2D eigenvalue weighted by molar-refractivity contribution is 0.102. The second-order valence-electron chi connectivity index (χ2n) is 7.06. The van der Waals surface area contributed by atoms with Crippen LogP contribution in [0.1, 0.15) is 42.9 Å². The summed E-state index contributed by atoms with van der Waals surface area (Å²) in [5, 5.41) is 3.20. The molecule has 4 rings (SSSR count). The first-order chi connectivity index (χ1) is 12.2. The number of nitrogens with zero attached hydrogens (tertiary/aromatic N) is 1. The van der Waals surface area contributed by atoms with Crippen molar-refractivity contribution in [3.05, 3.63) is 71.8 Å². The number of amides is 2. The van der Waals surface area contributed by atoms with Gasteiger partial charge in [-0.05, 0) is 36.8 Å². The van der Waals surface area contributed by atoms with Crippen LogP contribution < -0.4 is 5.32 Å². The molecule has 130 valence electrons. The molecule has 2 aromatic carbocycles. The van der Waals surface area contributed by atoms with Crippen molar-refractivity contribution in [1.82, 2.24) is 10.2 Å². The highest BCUT2D eigenvalue weighted by Crippen LogP contribution is 2.37. The third-order valence-corrected chi connectivity index (χ3v) is 5.44. The first-order valence-electron chi connectivity index (χ1n) is 9.05. The Morgan fingerprint density at radius 2 is 1.40 bits per heavy atom. The quantitative estimate of drug-likeness (QED) is 0.881. The van der Waals surface area contributed by atoms with E-state index in [1.807, 2.05) is 65.6 Å². The minimum absolute atomic E-state index is 0.0425. The van der Waals surface area contributed by atoms with E-state index < -0.39 is 6.17 Å². The number of rotatable bonds is 3. The summed E-state index contributed by atoms with van der Waals surface area (Å²) in [5.41, 5.74) is 2.10. The van der Waals surface area contributed by atoms with Crippen LogP contribution in [0.5, 0.6) is 0 Å². The first kappa shape index (κ1) is 16.1. The maximum absolute atomic E-state index is 13.8. The molecule has 1 N–H and O–H groups in total. The number of benzene rings is 2. The number of carbonyl (C=O) groups excluding carboxylic acids is 1. The molecular formula is C21H23FN2O. The van der Waals surface area contributed by atoms with E-state index in [1.54, 1.807) is 0 Å². The third kappa shape index (κ3) is 3.26. The van der Waals surface area contributed by atoms with Gasteiger partial charge in [-0.3, -0.25) is 0 Å². The van der Waals surface area contributed by atoms with Crippen LogP contribution in [-0.2, 0) is 0 Å². The van der Waals surface area contributed by atoms with Crippen LogP contribution in [0.3, 0.4) is 0 Å². The Bertz CT molecular complexity index is 668. The van der Waals surface area contributed by atoms with Gasteiger partial charge in [0.05, 0.1) is 6.04 Å². The molecule has 0 aliphatic carbocycles. The molecule has 0 aromatic heterocycles. The molecule has 25 heavy (non-hydrogen) atoms. The van der Waals surface area contributed by atoms with Gasteiger partial charge in [-0.15, -0.1) is 0 Å². The molecule has 2 fully saturated rings. The summed E-state index contributed by atoms with van der Waals surface area (Å²) in [7, 11) is 0. The fraction of sp³-hybridized carbons (Fsp3) is 0.381. The second kappa shape index (κ2) is 6.87. The van der Waals surface area contributed by atoms with Gasteiger partial charge in [-0.25, -0.2) is 9.18 Å². The van der Waals surface area contributed by atoms with Gasteiger partial charge in [0.2, 0.25) is 0 Å². The van der Waals surface area contributed by atoms with Crippen molar-refractivity contribution in [3.63, 3.8) is 0 Å². The summed E-state index contributed by atoms with van der Waals surface area (Å²) in [4.78, 5) is 14.9. The molecule has 2 aliphatic heterocycles. The van der Waals surface area contributed by atoms with Gasteiger partial charge in [0, 0.05) is 12.1 Å². The first-order valence-corrected chi connectivity index (χ1v) is 9.05. The molecule has 2 atom stereocenters. The van der Waals surface area contributed by atoms with Gasteiger partial charge in [-0.1, -0.05) is 60.7 Å². The smallest absolute Gasteiger partial charge is 0.318 e. The highest BCUT2D eigenvalue weighted by Gasteiger charge is 2.43. The van der Waals surface area contributed by atoms with Crippen molar-refractivity contribution in [2.45, 2.75) is 50.0 Å². The van der Waals surface area contributed by atoms with E-state index in [-0.39, 0.29) is 24.2 Å². The average molecular weight is 338 g/mol. The number of hydrogen-bond donors (Lipinski definition) is 1. The molecule has 2 aromatic rings. The zero-order chi connectivity index (χ0) is 17.2. The van der Waals surface area contributed by atoms with Crippen LogP contribution in [-0.4, -0.2) is 29.2 Å². The standard InChI is InChI=1S/C21H23FN2O/c22-17-13-18-11-12-19(14-17)24(18)21(25)23-20(15-7-3-1-4-8-15)16-9-5-2-6-10-16/h1-10,17-20H,11-14H2,(H,23,25). The fourth-order valence-corrected chi connectivity index (χ4v) is 4.29. The van der Waals surface area contributed by atoms with E-state index in [4.69, 9.17) is 0 Å². The lowest BCUT2D eigenvalue weighted by Gasteiger charge is -2.37. The largest absolute Gasteiger partial charge is 0.327 e. The topological polar surface area (TPSA) is 32.3 Å². The highest BCUT2D eigenvalue weighted by atomic mass is 19.1. The fourth-order valence-electron chi connectivity index (χ4n) is 4.29. The minimum Gasteiger partial charge on any atom is -0.327 e. The van der Waals surface area contributed by atoms with Gasteiger partial charge >= 0.3 is 6.03 Å². The van der Waals surface area contributed by atoms with Crippen molar-refractivity contribution < 1.29 is 9.18 Å². The Morgan fingerprint density at radius 3 is 1.88 bits per heavy atom. The normalized spacial score (nSPS) is 25.2. The predicted molar refractivity (Wildman–Crippen MR) is 96.0 cm³/mol. The Labute approximate surface area is 147 Å². The maximum Gasteiger partial charge on any atom is 0.318 e. The molecule has 0 radical (unpaired) electrons. The van der Waals surface area contributed by atoms with E-state index in [0.29, 0.717) is 12.8 Å². The molecule has 2 unspecified atom stereocenters. The number of carbonyl (C=O) groups is 1. The number of hydrogen-bond acceptors (Lipinski definition) is 1. The molecular weight excluding hydrogens is 315 g/mol. The van der Waals surface area contributed by atoms with Crippen LogP contribution >= 0.6 is 0 Å². The van der Waals surface area contributed by atoms with Crippen molar-refractivity contribution in [2.24, 2.45) is 0 Å². The Balaban J connectivity index is 1.58. The molecule has 3 nitrogen and oxygen atoms in total. The van der Waals surface area contributed by atoms with Crippen molar-refractivity contribution in [1.29, 1.82) is 0 Å². The Morgan fingerprint density at radius 1 is 0.920 bits per heavy atom. The van der Waals surface area contributed by atoms with Gasteiger partial charge in [0.15, 0.2) is 0 Å². The molecule has 0 saturated carbocycles. The summed E-state index contributed by atoms with van der Waals surface area (Å²) in [6.07, 6.45) is 2.02. The second-order valence-corrected chi connectivity index (χ2v) is 7.06. The van der Waals surface area contributed by atoms with Crippen LogP contribution in [0.25, 0.3) is 0 Å². The molecule has 4 heteroatoms. The zero-order valence-electron chi connectivity index (χ0n) is 14.1. The predicted octanol–water partition coefficient (Wildman–Crippen LogP) is 4.45. The van der Waals surface area contributed by atoms with Gasteiger partial charge in [0.25, 0.3) is 0 Å². The SMILES string of the molecule is O=C(NC(c1ccccc1)c1ccccc1)N1C2CCC1CC(F)C2. The van der Waals surface area contributed by atoms with Crippen LogP contribution in [0, 0.1) is 0 Å². The Hall–Kier alpha value is -2.36. The van der Waals surface area contributed by atoms with Crippen molar-refractivity contribution in [2.75, 3.05) is 0 Å². The lowest BCUT2D eigenvalue weighted by atomic mass is 9.98. The van der Waals surface area contributed by atoms with E-state index >= 15 is 0 Å². The number of piperidine rings is 1. The molecule has 2 heterocycles. The van der Waals surface area contributed by atoms with E-state index in [2.05, 4.69) is 5.32 Å². The van der Waals surface area contributed by atoms with Gasteiger partial charge in [0.1, 0.15) is 6.17 Å². The van der Waals surface area contributed by atoms with Crippen LogP contribution in [0.4, 0.5) is 9.18 Å². The molecule has 2 saturated heterocycles. The molecule has 0 spiro atoms. The van der Waals surface area contributed by atoms with Crippen molar-refractivity contribution >= 4 is 6.03 Å². The van der Waals surface area contributed by atoms with Gasteiger partial charge < -0.3 is 10.2 Å². The van der Waals surface area contributed by atoms with E-state index in [9.17, 15) is 9.18 Å². The summed E-state index contributed by atoms with van der Waals surface area (Å²) in [6, 6.07) is 19.8. The summed E-state index contributed by atoms with van der Waals surface area (Å²) >= 11 is 0.